The van der Waals surface area contributed by atoms with E-state index in [0.717, 1.165) is 12.3 Å². The van der Waals surface area contributed by atoms with Crippen molar-refractivity contribution >= 4 is 15.9 Å². The topological polar surface area (TPSA) is 17.8 Å². The molecule has 1 saturated carbocycles. The molecule has 2 unspecified atom stereocenters. The molecule has 0 saturated heterocycles. The molecule has 3 heteroatoms. The maximum absolute atomic E-state index is 4.63. The third-order valence-electron chi connectivity index (χ3n) is 3.48. The van der Waals surface area contributed by atoms with Gasteiger partial charge in [0, 0.05) is 17.1 Å². The van der Waals surface area contributed by atoms with Gasteiger partial charge >= 0.3 is 0 Å². The molecule has 0 aliphatic heterocycles. The summed E-state index contributed by atoms with van der Waals surface area (Å²) in [6, 6.07) is 2.65. The second-order valence-corrected chi connectivity index (χ2v) is 6.32. The van der Waals surface area contributed by atoms with Crippen LogP contribution >= 0.6 is 15.9 Å². The Kier molecular flexibility index (Phi) is 4.06. The Hall–Kier alpha value is -0.310. The standard InChI is InChI=1S/C13H21BrN2/c1-10(2)16-8-7-12(15-16)9-11-5-3-4-6-13(11)14/h7-8,10-11,13H,3-6,9H2,1-2H3. The molecular weight excluding hydrogens is 264 g/mol. The van der Waals surface area contributed by atoms with Crippen molar-refractivity contribution in [2.75, 3.05) is 0 Å². The van der Waals surface area contributed by atoms with Crippen molar-refractivity contribution in [2.45, 2.75) is 56.8 Å². The number of hydrogen-bond donors (Lipinski definition) is 0. The van der Waals surface area contributed by atoms with Gasteiger partial charge < -0.3 is 0 Å². The van der Waals surface area contributed by atoms with Crippen molar-refractivity contribution in [1.29, 1.82) is 0 Å². The molecule has 16 heavy (non-hydrogen) atoms. The van der Waals surface area contributed by atoms with Gasteiger partial charge in [0.2, 0.25) is 0 Å². The number of aromatic nitrogens is 2. The van der Waals surface area contributed by atoms with E-state index in [0.29, 0.717) is 10.9 Å². The first kappa shape index (κ1) is 12.2. The van der Waals surface area contributed by atoms with Crippen molar-refractivity contribution in [3.05, 3.63) is 18.0 Å². The zero-order valence-corrected chi connectivity index (χ0v) is 11.8. The Bertz CT molecular complexity index is 332. The minimum Gasteiger partial charge on any atom is -0.270 e. The van der Waals surface area contributed by atoms with Gasteiger partial charge in [-0.25, -0.2) is 0 Å². The lowest BCUT2D eigenvalue weighted by atomic mass is 9.86. The zero-order chi connectivity index (χ0) is 11.5. The summed E-state index contributed by atoms with van der Waals surface area (Å²) in [5, 5.41) is 4.63. The van der Waals surface area contributed by atoms with Crippen LogP contribution in [-0.4, -0.2) is 14.6 Å². The fourth-order valence-corrected chi connectivity index (χ4v) is 3.21. The highest BCUT2D eigenvalue weighted by molar-refractivity contribution is 9.09. The zero-order valence-electron chi connectivity index (χ0n) is 10.2. The van der Waals surface area contributed by atoms with Crippen molar-refractivity contribution in [3.8, 4) is 0 Å². The van der Waals surface area contributed by atoms with Gasteiger partial charge in [0.1, 0.15) is 0 Å². The van der Waals surface area contributed by atoms with Crippen LogP contribution in [0.4, 0.5) is 0 Å². The average molecular weight is 285 g/mol. The molecule has 1 aromatic heterocycles. The Labute approximate surface area is 107 Å². The third-order valence-corrected chi connectivity index (χ3v) is 4.69. The molecule has 0 aromatic carbocycles. The predicted molar refractivity (Wildman–Crippen MR) is 71.0 cm³/mol. The van der Waals surface area contributed by atoms with Crippen molar-refractivity contribution in [2.24, 2.45) is 5.92 Å². The first-order chi connectivity index (χ1) is 7.66. The Balaban J connectivity index is 1.97. The predicted octanol–water partition coefficient (Wildman–Crippen LogP) is 3.96. The minimum absolute atomic E-state index is 0.472. The van der Waals surface area contributed by atoms with Gasteiger partial charge in [0.05, 0.1) is 5.69 Å². The van der Waals surface area contributed by atoms with E-state index >= 15 is 0 Å². The van der Waals surface area contributed by atoms with E-state index < -0.39 is 0 Å². The van der Waals surface area contributed by atoms with E-state index in [9.17, 15) is 0 Å². The fraction of sp³-hybridized carbons (Fsp3) is 0.769. The van der Waals surface area contributed by atoms with Crippen LogP contribution in [0.2, 0.25) is 0 Å². The van der Waals surface area contributed by atoms with Crippen LogP contribution in [0.25, 0.3) is 0 Å². The van der Waals surface area contributed by atoms with Crippen LogP contribution in [0.1, 0.15) is 51.3 Å². The molecule has 0 amide bonds. The van der Waals surface area contributed by atoms with Crippen LogP contribution < -0.4 is 0 Å². The van der Waals surface area contributed by atoms with E-state index in [2.05, 4.69) is 51.8 Å². The van der Waals surface area contributed by atoms with E-state index in [4.69, 9.17) is 0 Å². The average Bonchev–Trinajstić information content (AvgIpc) is 2.70. The number of halogens is 1. The van der Waals surface area contributed by atoms with Crippen LogP contribution in [0.5, 0.6) is 0 Å². The van der Waals surface area contributed by atoms with E-state index in [1.807, 2.05) is 0 Å². The van der Waals surface area contributed by atoms with Crippen molar-refractivity contribution < 1.29 is 0 Å². The summed E-state index contributed by atoms with van der Waals surface area (Å²) >= 11 is 3.81. The fourth-order valence-electron chi connectivity index (χ4n) is 2.43. The molecule has 1 aromatic rings. The van der Waals surface area contributed by atoms with Crippen LogP contribution in [0.15, 0.2) is 12.3 Å². The Morgan fingerprint density at radius 1 is 1.44 bits per heavy atom. The van der Waals surface area contributed by atoms with Gasteiger partial charge in [-0.05, 0) is 45.1 Å². The molecular formula is C13H21BrN2. The highest BCUT2D eigenvalue weighted by Gasteiger charge is 2.23. The molecule has 90 valence electrons. The van der Waals surface area contributed by atoms with E-state index in [1.165, 1.54) is 31.4 Å². The normalized spacial score (nSPS) is 26.2. The first-order valence-corrected chi connectivity index (χ1v) is 7.26. The summed E-state index contributed by atoms with van der Waals surface area (Å²) in [4.78, 5) is 0.699. The number of rotatable bonds is 3. The Morgan fingerprint density at radius 2 is 2.19 bits per heavy atom. The van der Waals surface area contributed by atoms with Crippen LogP contribution in [0.3, 0.4) is 0 Å². The van der Waals surface area contributed by atoms with Gasteiger partial charge in [-0.15, -0.1) is 0 Å². The highest BCUT2D eigenvalue weighted by Crippen LogP contribution is 2.32. The molecule has 0 spiro atoms. The largest absolute Gasteiger partial charge is 0.270 e. The molecule has 1 aliphatic carbocycles. The molecule has 0 N–H and O–H groups in total. The summed E-state index contributed by atoms with van der Waals surface area (Å²) in [6.45, 7) is 4.34. The second kappa shape index (κ2) is 5.35. The molecule has 1 aliphatic rings. The van der Waals surface area contributed by atoms with E-state index in [1.54, 1.807) is 0 Å². The lowest BCUT2D eigenvalue weighted by Crippen LogP contribution is -2.21. The monoisotopic (exact) mass is 284 g/mol. The number of hydrogen-bond acceptors (Lipinski definition) is 1. The molecule has 2 rings (SSSR count). The quantitative estimate of drug-likeness (QED) is 0.769. The summed E-state index contributed by atoms with van der Waals surface area (Å²) in [7, 11) is 0. The highest BCUT2D eigenvalue weighted by atomic mass is 79.9. The SMILES string of the molecule is CC(C)n1ccc(CC2CCCCC2Br)n1. The van der Waals surface area contributed by atoms with E-state index in [-0.39, 0.29) is 0 Å². The lowest BCUT2D eigenvalue weighted by Gasteiger charge is -2.26. The van der Waals surface area contributed by atoms with Crippen LogP contribution in [-0.2, 0) is 6.42 Å². The van der Waals surface area contributed by atoms with Gasteiger partial charge in [-0.3, -0.25) is 4.68 Å². The van der Waals surface area contributed by atoms with Gasteiger partial charge in [0.15, 0.2) is 0 Å². The summed E-state index contributed by atoms with van der Waals surface area (Å²) in [6.07, 6.45) is 8.69. The molecule has 1 heterocycles. The van der Waals surface area contributed by atoms with Gasteiger partial charge in [0.25, 0.3) is 0 Å². The molecule has 0 bridgehead atoms. The minimum atomic E-state index is 0.472. The van der Waals surface area contributed by atoms with Gasteiger partial charge in [-0.2, -0.15) is 5.10 Å². The summed E-state index contributed by atoms with van der Waals surface area (Å²) in [5.41, 5.74) is 1.25. The molecule has 1 fully saturated rings. The Morgan fingerprint density at radius 3 is 2.81 bits per heavy atom. The first-order valence-electron chi connectivity index (χ1n) is 6.35. The summed E-state index contributed by atoms with van der Waals surface area (Å²) in [5.74, 6) is 0.782. The molecule has 2 atom stereocenters. The number of alkyl halides is 1. The molecule has 2 nitrogen and oxygen atoms in total. The van der Waals surface area contributed by atoms with Crippen molar-refractivity contribution in [1.82, 2.24) is 9.78 Å². The smallest absolute Gasteiger partial charge is 0.0627 e. The maximum atomic E-state index is 4.63. The maximum Gasteiger partial charge on any atom is 0.0627 e. The van der Waals surface area contributed by atoms with Crippen LogP contribution in [0, 0.1) is 5.92 Å². The third kappa shape index (κ3) is 2.88. The molecule has 0 radical (unpaired) electrons. The number of nitrogens with zero attached hydrogens (tertiary/aromatic N) is 2. The van der Waals surface area contributed by atoms with Crippen molar-refractivity contribution in [3.63, 3.8) is 0 Å². The van der Waals surface area contributed by atoms with Gasteiger partial charge in [-0.1, -0.05) is 28.8 Å². The second-order valence-electron chi connectivity index (χ2n) is 5.15. The lowest BCUT2D eigenvalue weighted by molar-refractivity contribution is 0.368. The summed E-state index contributed by atoms with van der Waals surface area (Å²) < 4.78 is 2.06.